The summed E-state index contributed by atoms with van der Waals surface area (Å²) in [4.78, 5) is 25.3. The van der Waals surface area contributed by atoms with Gasteiger partial charge in [-0.25, -0.2) is 0 Å². The molecule has 1 atom stereocenters. The van der Waals surface area contributed by atoms with E-state index in [-0.39, 0.29) is 0 Å². The monoisotopic (exact) mass is 309 g/mol. The van der Waals surface area contributed by atoms with Crippen molar-refractivity contribution in [3.63, 3.8) is 0 Å². The number of aromatic nitrogens is 2. The van der Waals surface area contributed by atoms with Crippen molar-refractivity contribution in [1.82, 2.24) is 9.78 Å². The van der Waals surface area contributed by atoms with Crippen LogP contribution >= 0.6 is 0 Å². The van der Waals surface area contributed by atoms with Crippen LogP contribution in [0.1, 0.15) is 44.6 Å². The number of ketones is 2. The van der Waals surface area contributed by atoms with Crippen LogP contribution in [0.15, 0.2) is 24.3 Å². The first-order valence-corrected chi connectivity index (χ1v) is 7.48. The molecule has 0 N–H and O–H groups in total. The Morgan fingerprint density at radius 1 is 1.22 bits per heavy atom. The molecule has 118 valence electrons. The summed E-state index contributed by atoms with van der Waals surface area (Å²) in [6.07, 6.45) is 0. The third kappa shape index (κ3) is 3.21. The fourth-order valence-electron chi connectivity index (χ4n) is 2.61. The molecule has 1 heterocycles. The number of nitriles is 1. The number of carbonyl (C=O) groups excluding carboxylic acids is 2. The van der Waals surface area contributed by atoms with E-state index in [1.54, 1.807) is 32.0 Å². The zero-order valence-corrected chi connectivity index (χ0v) is 13.8. The highest BCUT2D eigenvalue weighted by Crippen LogP contribution is 2.19. The first kappa shape index (κ1) is 16.6. The first-order valence-electron chi connectivity index (χ1n) is 7.48. The predicted octanol–water partition coefficient (Wildman–Crippen LogP) is 3.03. The number of carbonyl (C=O) groups is 2. The molecule has 0 aliphatic carbocycles. The Kier molecular flexibility index (Phi) is 4.75. The van der Waals surface area contributed by atoms with Gasteiger partial charge in [0.1, 0.15) is 5.69 Å². The van der Waals surface area contributed by atoms with Crippen LogP contribution in [0.3, 0.4) is 0 Å². The molecule has 0 fully saturated rings. The van der Waals surface area contributed by atoms with Gasteiger partial charge in [-0.3, -0.25) is 14.3 Å². The fraction of sp³-hybridized carbons (Fsp3) is 0.333. The number of Topliss-reactive ketones (excluding diaryl/α,β-unsaturated/α-hetero) is 2. The Hall–Kier alpha value is -2.74. The van der Waals surface area contributed by atoms with E-state index < -0.39 is 17.5 Å². The minimum atomic E-state index is -1.35. The number of hydrogen-bond donors (Lipinski definition) is 0. The van der Waals surface area contributed by atoms with Crippen LogP contribution in [-0.2, 0) is 6.54 Å². The number of hydrogen-bond acceptors (Lipinski definition) is 4. The Morgan fingerprint density at radius 2 is 1.91 bits per heavy atom. The fourth-order valence-corrected chi connectivity index (χ4v) is 2.61. The van der Waals surface area contributed by atoms with Crippen LogP contribution in [0.5, 0.6) is 0 Å². The molecule has 0 saturated heterocycles. The molecule has 5 heteroatoms. The van der Waals surface area contributed by atoms with Crippen LogP contribution in [0, 0.1) is 38.0 Å². The first-order chi connectivity index (χ1) is 10.9. The average molecular weight is 309 g/mol. The molecule has 0 bridgehead atoms. The van der Waals surface area contributed by atoms with Gasteiger partial charge in [0.2, 0.25) is 5.78 Å². The maximum atomic E-state index is 12.7. The van der Waals surface area contributed by atoms with Crippen molar-refractivity contribution in [2.45, 2.75) is 34.2 Å². The van der Waals surface area contributed by atoms with E-state index in [4.69, 9.17) is 0 Å². The van der Waals surface area contributed by atoms with Crippen LogP contribution < -0.4 is 0 Å². The van der Waals surface area contributed by atoms with E-state index in [1.807, 2.05) is 26.0 Å². The number of aryl methyl sites for hydroxylation is 4. The van der Waals surface area contributed by atoms with Gasteiger partial charge >= 0.3 is 0 Å². The zero-order valence-electron chi connectivity index (χ0n) is 13.8. The molecule has 2 aromatic rings. The maximum absolute atomic E-state index is 12.7. The van der Waals surface area contributed by atoms with E-state index in [0.717, 1.165) is 11.1 Å². The Balaban J connectivity index is 2.41. The van der Waals surface area contributed by atoms with Crippen LogP contribution in [-0.4, -0.2) is 21.3 Å². The largest absolute Gasteiger partial charge is 0.292 e. The van der Waals surface area contributed by atoms with Crippen molar-refractivity contribution in [2.75, 3.05) is 0 Å². The van der Waals surface area contributed by atoms with Gasteiger partial charge in [-0.1, -0.05) is 23.8 Å². The molecule has 23 heavy (non-hydrogen) atoms. The predicted molar refractivity (Wildman–Crippen MR) is 86.3 cm³/mol. The van der Waals surface area contributed by atoms with E-state index in [9.17, 15) is 14.9 Å². The number of benzene rings is 1. The number of nitrogens with zero attached hydrogens (tertiary/aromatic N) is 3. The minimum Gasteiger partial charge on any atom is -0.292 e. The summed E-state index contributed by atoms with van der Waals surface area (Å²) in [7, 11) is 0. The zero-order chi connectivity index (χ0) is 17.1. The summed E-state index contributed by atoms with van der Waals surface area (Å²) < 4.78 is 1.53. The molecule has 0 aliphatic rings. The SMILES string of the molecule is CCn1nc(C)cc1C(=O)[C@H](C#N)C(=O)c1ccc(C)cc1C. The molecular weight excluding hydrogens is 290 g/mol. The van der Waals surface area contributed by atoms with Gasteiger partial charge in [0.05, 0.1) is 11.8 Å². The molecule has 1 aromatic carbocycles. The minimum absolute atomic E-state index is 0.301. The number of rotatable bonds is 5. The van der Waals surface area contributed by atoms with E-state index in [0.29, 0.717) is 23.5 Å². The van der Waals surface area contributed by atoms with Crippen molar-refractivity contribution >= 4 is 11.6 Å². The molecule has 0 spiro atoms. The summed E-state index contributed by atoms with van der Waals surface area (Å²) in [6.45, 7) is 7.87. The molecule has 2 rings (SSSR count). The molecule has 0 unspecified atom stereocenters. The van der Waals surface area contributed by atoms with Crippen LogP contribution in [0.25, 0.3) is 0 Å². The highest BCUT2D eigenvalue weighted by atomic mass is 16.2. The summed E-state index contributed by atoms with van der Waals surface area (Å²) in [5.74, 6) is -2.31. The summed E-state index contributed by atoms with van der Waals surface area (Å²) in [5, 5.41) is 13.6. The van der Waals surface area contributed by atoms with E-state index in [2.05, 4.69) is 5.10 Å². The third-order valence-corrected chi connectivity index (χ3v) is 3.75. The quantitative estimate of drug-likeness (QED) is 0.628. The highest BCUT2D eigenvalue weighted by Gasteiger charge is 2.31. The topological polar surface area (TPSA) is 75.8 Å². The van der Waals surface area contributed by atoms with Gasteiger partial charge in [-0.05, 0) is 39.3 Å². The second kappa shape index (κ2) is 6.57. The van der Waals surface area contributed by atoms with Gasteiger partial charge in [-0.2, -0.15) is 10.4 Å². The van der Waals surface area contributed by atoms with Gasteiger partial charge in [0, 0.05) is 12.1 Å². The van der Waals surface area contributed by atoms with Crippen molar-refractivity contribution < 1.29 is 9.59 Å². The van der Waals surface area contributed by atoms with E-state index in [1.165, 1.54) is 4.68 Å². The lowest BCUT2D eigenvalue weighted by Crippen LogP contribution is -2.26. The lowest BCUT2D eigenvalue weighted by Gasteiger charge is -2.11. The van der Waals surface area contributed by atoms with Gasteiger partial charge in [0.15, 0.2) is 11.7 Å². The summed E-state index contributed by atoms with van der Waals surface area (Å²) in [5.41, 5.74) is 3.19. The smallest absolute Gasteiger partial charge is 0.205 e. The lowest BCUT2D eigenvalue weighted by atomic mass is 9.90. The Labute approximate surface area is 135 Å². The molecule has 0 aliphatic heterocycles. The maximum Gasteiger partial charge on any atom is 0.205 e. The Morgan fingerprint density at radius 3 is 2.48 bits per heavy atom. The normalized spacial score (nSPS) is 11.8. The molecule has 0 saturated carbocycles. The molecule has 5 nitrogen and oxygen atoms in total. The highest BCUT2D eigenvalue weighted by molar-refractivity contribution is 6.17. The van der Waals surface area contributed by atoms with Gasteiger partial charge in [0.25, 0.3) is 0 Å². The third-order valence-electron chi connectivity index (χ3n) is 3.75. The van der Waals surface area contributed by atoms with Crippen LogP contribution in [0.4, 0.5) is 0 Å². The van der Waals surface area contributed by atoms with E-state index >= 15 is 0 Å². The second-order valence-corrected chi connectivity index (χ2v) is 5.60. The molecule has 0 radical (unpaired) electrons. The lowest BCUT2D eigenvalue weighted by molar-refractivity contribution is 0.0839. The van der Waals surface area contributed by atoms with Gasteiger partial charge in [-0.15, -0.1) is 0 Å². The molecule has 1 aromatic heterocycles. The van der Waals surface area contributed by atoms with Crippen LogP contribution in [0.2, 0.25) is 0 Å². The standard InChI is InChI=1S/C18H19N3O2/c1-5-21-16(9-13(4)20-21)18(23)15(10-19)17(22)14-7-6-11(2)8-12(14)3/h6-9,15H,5H2,1-4H3/t15-/m1/s1. The van der Waals surface area contributed by atoms with Crippen molar-refractivity contribution in [3.05, 3.63) is 52.3 Å². The van der Waals surface area contributed by atoms with Gasteiger partial charge < -0.3 is 0 Å². The summed E-state index contributed by atoms with van der Waals surface area (Å²) >= 11 is 0. The van der Waals surface area contributed by atoms with Crippen molar-refractivity contribution in [3.8, 4) is 6.07 Å². The second-order valence-electron chi connectivity index (χ2n) is 5.60. The summed E-state index contributed by atoms with van der Waals surface area (Å²) in [6, 6.07) is 8.82. The average Bonchev–Trinajstić information content (AvgIpc) is 2.88. The molecule has 0 amide bonds. The molecular formula is C18H19N3O2. The van der Waals surface area contributed by atoms with Crippen molar-refractivity contribution in [1.29, 1.82) is 5.26 Å². The Bertz CT molecular complexity index is 812. The van der Waals surface area contributed by atoms with Crippen molar-refractivity contribution in [2.24, 2.45) is 5.92 Å².